The summed E-state index contributed by atoms with van der Waals surface area (Å²) in [6, 6.07) is 9.29. The summed E-state index contributed by atoms with van der Waals surface area (Å²) in [4.78, 5) is 21.9. The average Bonchev–Trinajstić information content (AvgIpc) is 2.49. The van der Waals surface area contributed by atoms with Gasteiger partial charge in [-0.15, -0.1) is 0 Å². The lowest BCUT2D eigenvalue weighted by atomic mass is 10.2. The molecule has 0 fully saturated rings. The number of aryl methyl sites for hydroxylation is 1. The predicted molar refractivity (Wildman–Crippen MR) is 81.7 cm³/mol. The molecule has 0 unspecified atom stereocenters. The molecule has 1 aromatic heterocycles. The van der Waals surface area contributed by atoms with Crippen LogP contribution < -0.4 is 15.0 Å². The van der Waals surface area contributed by atoms with Gasteiger partial charge in [-0.3, -0.25) is 4.79 Å². The summed E-state index contributed by atoms with van der Waals surface area (Å²) >= 11 is 0. The maximum absolute atomic E-state index is 12.0. The molecule has 6 nitrogen and oxygen atoms in total. The number of hydrogen-bond acceptors (Lipinski definition) is 5. The van der Waals surface area contributed by atoms with Crippen LogP contribution in [0.25, 0.3) is 0 Å². The molecular weight excluding hydrogens is 268 g/mol. The van der Waals surface area contributed by atoms with E-state index in [9.17, 15) is 4.79 Å². The molecule has 0 bridgehead atoms. The van der Waals surface area contributed by atoms with E-state index in [4.69, 9.17) is 4.74 Å². The molecule has 0 saturated heterocycles. The van der Waals surface area contributed by atoms with E-state index in [2.05, 4.69) is 15.3 Å². The Morgan fingerprint density at radius 2 is 2.00 bits per heavy atom. The third-order valence-electron chi connectivity index (χ3n) is 2.88. The minimum absolute atomic E-state index is 0.132. The molecule has 0 spiro atoms. The van der Waals surface area contributed by atoms with Crippen molar-refractivity contribution in [3.05, 3.63) is 42.1 Å². The van der Waals surface area contributed by atoms with Gasteiger partial charge in [-0.1, -0.05) is 17.7 Å². The Kier molecular flexibility index (Phi) is 4.71. The normalized spacial score (nSPS) is 10.0. The second-order valence-electron chi connectivity index (χ2n) is 4.67. The van der Waals surface area contributed by atoms with Gasteiger partial charge in [-0.05, 0) is 19.1 Å². The van der Waals surface area contributed by atoms with Gasteiger partial charge in [0.1, 0.15) is 0 Å². The minimum atomic E-state index is -0.132. The first-order chi connectivity index (χ1) is 10.1. The van der Waals surface area contributed by atoms with Crippen LogP contribution in [0.4, 0.5) is 11.6 Å². The molecule has 0 aliphatic rings. The van der Waals surface area contributed by atoms with Crippen LogP contribution in [0.2, 0.25) is 0 Å². The van der Waals surface area contributed by atoms with Crippen molar-refractivity contribution in [1.29, 1.82) is 0 Å². The summed E-state index contributed by atoms with van der Waals surface area (Å²) < 4.78 is 5.04. The number of amides is 1. The zero-order valence-electron chi connectivity index (χ0n) is 12.3. The molecule has 110 valence electrons. The van der Waals surface area contributed by atoms with E-state index >= 15 is 0 Å². The lowest BCUT2D eigenvalue weighted by Gasteiger charge is -2.16. The number of benzene rings is 1. The van der Waals surface area contributed by atoms with Crippen LogP contribution in [0.1, 0.15) is 5.56 Å². The number of carbonyl (C=O) groups is 1. The third-order valence-corrected chi connectivity index (χ3v) is 2.88. The third kappa shape index (κ3) is 4.17. The molecule has 0 saturated carbocycles. The molecule has 21 heavy (non-hydrogen) atoms. The number of hydrogen-bond donors (Lipinski definition) is 1. The SMILES string of the molecule is COc1ccnc(N(C)CC(=O)Nc2ccc(C)cc2)n1. The van der Waals surface area contributed by atoms with E-state index < -0.39 is 0 Å². The first kappa shape index (κ1) is 14.8. The van der Waals surface area contributed by atoms with E-state index in [0.717, 1.165) is 11.3 Å². The fourth-order valence-corrected chi connectivity index (χ4v) is 1.75. The monoisotopic (exact) mass is 286 g/mol. The molecule has 1 heterocycles. The van der Waals surface area contributed by atoms with E-state index in [-0.39, 0.29) is 12.5 Å². The highest BCUT2D eigenvalue weighted by Gasteiger charge is 2.10. The Labute approximate surface area is 123 Å². The van der Waals surface area contributed by atoms with E-state index in [1.54, 1.807) is 24.2 Å². The molecule has 2 rings (SSSR count). The molecule has 1 N–H and O–H groups in total. The van der Waals surface area contributed by atoms with Gasteiger partial charge in [0.15, 0.2) is 0 Å². The molecule has 0 aliphatic heterocycles. The zero-order valence-corrected chi connectivity index (χ0v) is 12.3. The number of ether oxygens (including phenoxy) is 1. The second-order valence-corrected chi connectivity index (χ2v) is 4.67. The van der Waals surface area contributed by atoms with Crippen LogP contribution in [0, 0.1) is 6.92 Å². The van der Waals surface area contributed by atoms with Gasteiger partial charge in [-0.25, -0.2) is 4.98 Å². The number of methoxy groups -OCH3 is 1. The Hall–Kier alpha value is -2.63. The average molecular weight is 286 g/mol. The van der Waals surface area contributed by atoms with E-state index in [1.807, 2.05) is 31.2 Å². The largest absolute Gasteiger partial charge is 0.481 e. The van der Waals surface area contributed by atoms with Crippen molar-refractivity contribution >= 4 is 17.5 Å². The molecular formula is C15H18N4O2. The first-order valence-electron chi connectivity index (χ1n) is 6.53. The van der Waals surface area contributed by atoms with Crippen molar-refractivity contribution in [3.8, 4) is 5.88 Å². The van der Waals surface area contributed by atoms with Gasteiger partial charge in [0, 0.05) is 25.0 Å². The second kappa shape index (κ2) is 6.69. The van der Waals surface area contributed by atoms with Crippen molar-refractivity contribution < 1.29 is 9.53 Å². The van der Waals surface area contributed by atoms with Crippen LogP contribution in [0.15, 0.2) is 36.5 Å². The fourth-order valence-electron chi connectivity index (χ4n) is 1.75. The van der Waals surface area contributed by atoms with Gasteiger partial charge in [-0.2, -0.15) is 4.98 Å². The molecule has 2 aromatic rings. The van der Waals surface area contributed by atoms with E-state index in [0.29, 0.717) is 11.8 Å². The van der Waals surface area contributed by atoms with E-state index in [1.165, 1.54) is 7.11 Å². The van der Waals surface area contributed by atoms with Crippen LogP contribution in [-0.4, -0.2) is 36.6 Å². The summed E-state index contributed by atoms with van der Waals surface area (Å²) in [6.07, 6.45) is 1.59. The van der Waals surface area contributed by atoms with Crippen LogP contribution in [0.5, 0.6) is 5.88 Å². The molecule has 0 aliphatic carbocycles. The number of nitrogens with zero attached hydrogens (tertiary/aromatic N) is 3. The Bertz CT molecular complexity index is 613. The number of anilines is 2. The number of rotatable bonds is 5. The quantitative estimate of drug-likeness (QED) is 0.909. The van der Waals surface area contributed by atoms with Crippen LogP contribution in [-0.2, 0) is 4.79 Å². The molecule has 6 heteroatoms. The number of likely N-dealkylation sites (N-methyl/N-ethyl adjacent to an activating group) is 1. The Morgan fingerprint density at radius 1 is 1.29 bits per heavy atom. The highest BCUT2D eigenvalue weighted by Crippen LogP contribution is 2.12. The van der Waals surface area contributed by atoms with Gasteiger partial charge in [0.2, 0.25) is 17.7 Å². The fraction of sp³-hybridized carbons (Fsp3) is 0.267. The Balaban J connectivity index is 1.96. The molecule has 0 radical (unpaired) electrons. The minimum Gasteiger partial charge on any atom is -0.481 e. The van der Waals surface area contributed by atoms with Gasteiger partial charge < -0.3 is 15.0 Å². The van der Waals surface area contributed by atoms with Crippen molar-refractivity contribution in [3.63, 3.8) is 0 Å². The smallest absolute Gasteiger partial charge is 0.243 e. The number of carbonyl (C=O) groups excluding carboxylic acids is 1. The van der Waals surface area contributed by atoms with Crippen LogP contribution >= 0.6 is 0 Å². The lowest BCUT2D eigenvalue weighted by molar-refractivity contribution is -0.114. The topological polar surface area (TPSA) is 67.3 Å². The summed E-state index contributed by atoms with van der Waals surface area (Å²) in [6.45, 7) is 2.15. The van der Waals surface area contributed by atoms with Gasteiger partial charge in [0.05, 0.1) is 13.7 Å². The maximum Gasteiger partial charge on any atom is 0.243 e. The van der Waals surface area contributed by atoms with Crippen molar-refractivity contribution in [2.75, 3.05) is 30.9 Å². The summed E-state index contributed by atoms with van der Waals surface area (Å²) in [7, 11) is 3.29. The first-order valence-corrected chi connectivity index (χ1v) is 6.53. The zero-order chi connectivity index (χ0) is 15.2. The van der Waals surface area contributed by atoms with Crippen molar-refractivity contribution in [2.45, 2.75) is 6.92 Å². The van der Waals surface area contributed by atoms with Gasteiger partial charge >= 0.3 is 0 Å². The van der Waals surface area contributed by atoms with Crippen molar-refractivity contribution in [1.82, 2.24) is 9.97 Å². The van der Waals surface area contributed by atoms with Crippen molar-refractivity contribution in [2.24, 2.45) is 0 Å². The summed E-state index contributed by atoms with van der Waals surface area (Å²) in [5, 5.41) is 2.83. The number of aromatic nitrogens is 2. The standard InChI is InChI=1S/C15H18N4O2/c1-11-4-6-12(7-5-11)17-13(20)10-19(2)15-16-9-8-14(18-15)21-3/h4-9H,10H2,1-3H3,(H,17,20). The Morgan fingerprint density at radius 3 is 2.67 bits per heavy atom. The highest BCUT2D eigenvalue weighted by molar-refractivity contribution is 5.93. The lowest BCUT2D eigenvalue weighted by Crippen LogP contribution is -2.31. The van der Waals surface area contributed by atoms with Gasteiger partial charge in [0.25, 0.3) is 0 Å². The molecule has 1 amide bonds. The summed E-state index contributed by atoms with van der Waals surface area (Å²) in [5.74, 6) is 0.770. The summed E-state index contributed by atoms with van der Waals surface area (Å²) in [5.41, 5.74) is 1.92. The molecule has 0 atom stereocenters. The maximum atomic E-state index is 12.0. The highest BCUT2D eigenvalue weighted by atomic mass is 16.5. The molecule has 1 aromatic carbocycles. The predicted octanol–water partition coefficient (Wildman–Crippen LogP) is 1.87. The number of nitrogens with one attached hydrogen (secondary N) is 1. The van der Waals surface area contributed by atoms with Crippen LogP contribution in [0.3, 0.4) is 0 Å².